The highest BCUT2D eigenvalue weighted by Crippen LogP contribution is 2.31. The molecule has 1 aliphatic carbocycles. The van der Waals surface area contributed by atoms with Gasteiger partial charge in [-0.1, -0.05) is 31.5 Å². The molecule has 1 aliphatic rings. The van der Waals surface area contributed by atoms with E-state index < -0.39 is 0 Å². The number of aliphatic imine (C=N–C) groups is 1. The van der Waals surface area contributed by atoms with Gasteiger partial charge in [-0.3, -0.25) is 4.99 Å². The fourth-order valence-electron chi connectivity index (χ4n) is 2.70. The normalized spacial score (nSPS) is 17.4. The van der Waals surface area contributed by atoms with Gasteiger partial charge in [0.05, 0.1) is 11.4 Å². The van der Waals surface area contributed by atoms with Crippen molar-refractivity contribution in [2.24, 2.45) is 4.99 Å². The fraction of sp³-hybridized carbons (Fsp3) is 0.500. The Bertz CT molecular complexity index is 538. The van der Waals surface area contributed by atoms with Crippen LogP contribution >= 0.6 is 9.24 Å². The van der Waals surface area contributed by atoms with Crippen LogP contribution in [0.15, 0.2) is 34.2 Å². The summed E-state index contributed by atoms with van der Waals surface area (Å²) in [6, 6.07) is 6.44. The quantitative estimate of drug-likeness (QED) is 0.584. The molecule has 0 fully saturated rings. The van der Waals surface area contributed by atoms with E-state index in [1.807, 2.05) is 0 Å². The number of allylic oxidation sites excluding steroid dienone is 2. The van der Waals surface area contributed by atoms with Crippen LogP contribution in [-0.4, -0.2) is 12.3 Å². The third kappa shape index (κ3) is 4.17. The molecule has 1 unspecified atom stereocenters. The highest BCUT2D eigenvalue weighted by atomic mass is 31.0. The molecule has 2 nitrogen and oxygen atoms in total. The predicted molar refractivity (Wildman–Crippen MR) is 97.3 cm³/mol. The Labute approximate surface area is 131 Å². The van der Waals surface area contributed by atoms with Crippen molar-refractivity contribution in [2.75, 3.05) is 11.9 Å². The molecule has 0 radical (unpaired) electrons. The van der Waals surface area contributed by atoms with Gasteiger partial charge in [0, 0.05) is 12.2 Å². The van der Waals surface area contributed by atoms with Crippen LogP contribution in [0.25, 0.3) is 0 Å². The van der Waals surface area contributed by atoms with Crippen LogP contribution in [0, 0.1) is 13.8 Å². The molecule has 0 aromatic heterocycles. The van der Waals surface area contributed by atoms with E-state index in [-0.39, 0.29) is 0 Å². The van der Waals surface area contributed by atoms with Crippen molar-refractivity contribution in [3.8, 4) is 0 Å². The van der Waals surface area contributed by atoms with E-state index in [0.29, 0.717) is 0 Å². The maximum Gasteiger partial charge on any atom is 0.0630 e. The number of nitrogens with zero attached hydrogens (tertiary/aromatic N) is 1. The molecule has 0 saturated carbocycles. The SMILES string of the molecule is CCCCN=C1CCCC(P)=C1Nc1c(C)cccc1C. The molecule has 0 spiro atoms. The van der Waals surface area contributed by atoms with Crippen molar-refractivity contribution < 1.29 is 0 Å². The van der Waals surface area contributed by atoms with E-state index in [4.69, 9.17) is 4.99 Å². The highest BCUT2D eigenvalue weighted by molar-refractivity contribution is 7.22. The molecule has 0 saturated heterocycles. The molecule has 0 bridgehead atoms. The number of unbranched alkanes of at least 4 members (excludes halogenated alkanes) is 1. The Kier molecular flexibility index (Phi) is 5.99. The summed E-state index contributed by atoms with van der Waals surface area (Å²) in [6.07, 6.45) is 5.82. The van der Waals surface area contributed by atoms with E-state index in [0.717, 1.165) is 19.4 Å². The number of para-hydroxylation sites is 1. The van der Waals surface area contributed by atoms with Gasteiger partial charge >= 0.3 is 0 Å². The average Bonchev–Trinajstić information content (AvgIpc) is 2.45. The van der Waals surface area contributed by atoms with E-state index in [2.05, 4.69) is 53.5 Å². The molecule has 3 heteroatoms. The maximum absolute atomic E-state index is 4.84. The van der Waals surface area contributed by atoms with E-state index >= 15 is 0 Å². The summed E-state index contributed by atoms with van der Waals surface area (Å²) in [6.45, 7) is 7.49. The number of rotatable bonds is 5. The van der Waals surface area contributed by atoms with E-state index in [1.165, 1.54) is 52.8 Å². The monoisotopic (exact) mass is 302 g/mol. The third-order valence-electron chi connectivity index (χ3n) is 4.01. The molecule has 1 aromatic carbocycles. The number of benzene rings is 1. The molecule has 0 aliphatic heterocycles. The summed E-state index contributed by atoms with van der Waals surface area (Å²) in [5.74, 6) is 0. The zero-order valence-electron chi connectivity index (χ0n) is 13.5. The van der Waals surface area contributed by atoms with Crippen LogP contribution in [0.5, 0.6) is 0 Å². The van der Waals surface area contributed by atoms with Gasteiger partial charge in [-0.2, -0.15) is 0 Å². The molecular formula is C18H27N2P. The molecule has 2 rings (SSSR count). The third-order valence-corrected chi connectivity index (χ3v) is 4.59. The Morgan fingerprint density at radius 2 is 1.90 bits per heavy atom. The lowest BCUT2D eigenvalue weighted by atomic mass is 10.0. The summed E-state index contributed by atoms with van der Waals surface area (Å²) >= 11 is 0. The smallest absolute Gasteiger partial charge is 0.0630 e. The molecule has 1 atom stereocenters. The van der Waals surface area contributed by atoms with Gasteiger partial charge in [-0.25, -0.2) is 0 Å². The van der Waals surface area contributed by atoms with Crippen LogP contribution < -0.4 is 5.32 Å². The van der Waals surface area contributed by atoms with Crippen LogP contribution in [0.2, 0.25) is 0 Å². The Balaban J connectivity index is 2.27. The maximum atomic E-state index is 4.84. The summed E-state index contributed by atoms with van der Waals surface area (Å²) in [5.41, 5.74) is 6.30. The van der Waals surface area contributed by atoms with Crippen LogP contribution in [-0.2, 0) is 0 Å². The van der Waals surface area contributed by atoms with Gasteiger partial charge in [0.1, 0.15) is 0 Å². The first-order chi connectivity index (χ1) is 10.1. The second kappa shape index (κ2) is 7.75. The van der Waals surface area contributed by atoms with Gasteiger partial charge in [0.2, 0.25) is 0 Å². The van der Waals surface area contributed by atoms with Crippen molar-refractivity contribution in [1.29, 1.82) is 0 Å². The van der Waals surface area contributed by atoms with Crippen molar-refractivity contribution >= 4 is 20.6 Å². The van der Waals surface area contributed by atoms with Crippen molar-refractivity contribution in [3.05, 3.63) is 40.3 Å². The number of aryl methyl sites for hydroxylation is 2. The van der Waals surface area contributed by atoms with Gasteiger partial charge in [-0.05, 0) is 56.0 Å². The lowest BCUT2D eigenvalue weighted by Gasteiger charge is -2.23. The standard InChI is InChI=1S/C18H27N2P/c1-4-5-12-19-15-10-7-11-16(21)18(15)20-17-13(2)8-6-9-14(17)3/h6,8-9,20H,4-5,7,10-12,21H2,1-3H3. The lowest BCUT2D eigenvalue weighted by Crippen LogP contribution is -2.18. The Morgan fingerprint density at radius 3 is 2.57 bits per heavy atom. The second-order valence-corrected chi connectivity index (χ2v) is 6.52. The first kappa shape index (κ1) is 16.2. The van der Waals surface area contributed by atoms with E-state index in [1.54, 1.807) is 0 Å². The second-order valence-electron chi connectivity index (χ2n) is 5.83. The van der Waals surface area contributed by atoms with E-state index in [9.17, 15) is 0 Å². The topological polar surface area (TPSA) is 24.4 Å². The summed E-state index contributed by atoms with van der Waals surface area (Å²) < 4.78 is 0. The summed E-state index contributed by atoms with van der Waals surface area (Å²) in [4.78, 5) is 4.84. The zero-order chi connectivity index (χ0) is 15.2. The van der Waals surface area contributed by atoms with Gasteiger partial charge in [0.15, 0.2) is 0 Å². The van der Waals surface area contributed by atoms with Gasteiger partial charge in [-0.15, -0.1) is 9.24 Å². The highest BCUT2D eigenvalue weighted by Gasteiger charge is 2.17. The molecule has 0 heterocycles. The fourth-order valence-corrected chi connectivity index (χ4v) is 3.14. The Hall–Kier alpha value is -1.14. The first-order valence-electron chi connectivity index (χ1n) is 7.99. The minimum atomic E-state index is 0.946. The zero-order valence-corrected chi connectivity index (χ0v) is 14.7. The van der Waals surface area contributed by atoms with Gasteiger partial charge in [0.25, 0.3) is 0 Å². The largest absolute Gasteiger partial charge is 0.353 e. The molecule has 1 N–H and O–H groups in total. The Morgan fingerprint density at radius 1 is 1.19 bits per heavy atom. The summed E-state index contributed by atoms with van der Waals surface area (Å²) in [5, 5.41) is 5.03. The van der Waals surface area contributed by atoms with Gasteiger partial charge < -0.3 is 5.32 Å². The number of anilines is 1. The van der Waals surface area contributed by atoms with Crippen molar-refractivity contribution in [2.45, 2.75) is 52.9 Å². The summed E-state index contributed by atoms with van der Waals surface area (Å²) in [7, 11) is 2.91. The minimum absolute atomic E-state index is 0.946. The molecular weight excluding hydrogens is 275 g/mol. The number of nitrogens with one attached hydrogen (secondary N) is 1. The van der Waals surface area contributed by atoms with Crippen molar-refractivity contribution in [3.63, 3.8) is 0 Å². The van der Waals surface area contributed by atoms with Crippen molar-refractivity contribution in [1.82, 2.24) is 0 Å². The number of hydrogen-bond acceptors (Lipinski definition) is 2. The molecule has 1 aromatic rings. The number of hydrogen-bond donors (Lipinski definition) is 1. The minimum Gasteiger partial charge on any atom is -0.353 e. The first-order valence-corrected chi connectivity index (χ1v) is 8.56. The predicted octanol–water partition coefficient (Wildman–Crippen LogP) is 5.23. The van der Waals surface area contributed by atoms with Crippen LogP contribution in [0.1, 0.15) is 50.2 Å². The van der Waals surface area contributed by atoms with Crippen LogP contribution in [0.4, 0.5) is 5.69 Å². The lowest BCUT2D eigenvalue weighted by molar-refractivity contribution is 0.793. The molecule has 0 amide bonds. The molecule has 114 valence electrons. The van der Waals surface area contributed by atoms with Crippen LogP contribution in [0.3, 0.4) is 0 Å². The molecule has 21 heavy (non-hydrogen) atoms. The average molecular weight is 302 g/mol.